The van der Waals surface area contributed by atoms with Crippen LogP contribution in [0.25, 0.3) is 0 Å². The van der Waals surface area contributed by atoms with Crippen LogP contribution < -0.4 is 9.93 Å². The van der Waals surface area contributed by atoms with Crippen LogP contribution in [-0.2, 0) is 23.0 Å². The second-order valence-corrected chi connectivity index (χ2v) is 6.25. The molecule has 0 N–H and O–H groups in total. The summed E-state index contributed by atoms with van der Waals surface area (Å²) in [6.07, 6.45) is 5.16. The zero-order valence-corrected chi connectivity index (χ0v) is 14.3. The van der Waals surface area contributed by atoms with Crippen LogP contribution in [0, 0.1) is 0 Å². The Morgan fingerprint density at radius 2 is 1.27 bits per heavy atom. The third-order valence-electron chi connectivity index (χ3n) is 3.24. The average molecular weight is 343 g/mol. The van der Waals surface area contributed by atoms with E-state index in [1.165, 1.54) is 25.7 Å². The minimum absolute atomic E-state index is 1.16. The van der Waals surface area contributed by atoms with Gasteiger partial charge in [-0.1, -0.05) is 26.7 Å². The zero-order valence-electron chi connectivity index (χ0n) is 13.5. The third-order valence-corrected chi connectivity index (χ3v) is 3.80. The summed E-state index contributed by atoms with van der Waals surface area (Å²) in [7, 11) is -6.09. The average Bonchev–Trinajstić information content (AvgIpc) is 3.03. The van der Waals surface area contributed by atoms with Crippen molar-refractivity contribution in [1.82, 2.24) is 4.58 Å². The standard InChI is InChI=1S/C13H24N.CHF3O3S/c1-5-9-11-12(10-6-2)13(11)14(7-3)8-4;2-1(3,4)8(5,6)7/h5-10H2,1-4H3;(H,5,6,7)/q+1;/p-1. The summed E-state index contributed by atoms with van der Waals surface area (Å²) >= 11 is 0. The van der Waals surface area contributed by atoms with Gasteiger partial charge in [0.25, 0.3) is 0 Å². The first-order valence-corrected chi connectivity index (χ1v) is 8.82. The summed E-state index contributed by atoms with van der Waals surface area (Å²) in [4.78, 5) is 0. The SMILES string of the molecule is CCCc1c(CCC)c1=[N+](CC)CC.O=S(=O)([O-])C(F)(F)F. The molecular formula is C14H24F3NO3S. The fourth-order valence-corrected chi connectivity index (χ4v) is 2.22. The Morgan fingerprint density at radius 1 is 0.955 bits per heavy atom. The highest BCUT2D eigenvalue weighted by Crippen LogP contribution is 2.20. The van der Waals surface area contributed by atoms with Gasteiger partial charge in [0.1, 0.15) is 13.1 Å². The molecule has 0 atom stereocenters. The largest absolute Gasteiger partial charge is 0.741 e. The van der Waals surface area contributed by atoms with Crippen molar-refractivity contribution in [2.24, 2.45) is 0 Å². The summed E-state index contributed by atoms with van der Waals surface area (Å²) in [5.41, 5.74) is -2.29. The Kier molecular flexibility index (Phi) is 8.32. The van der Waals surface area contributed by atoms with Crippen molar-refractivity contribution in [2.45, 2.75) is 58.9 Å². The molecule has 8 heteroatoms. The lowest BCUT2D eigenvalue weighted by Crippen LogP contribution is -2.25. The topological polar surface area (TPSA) is 60.2 Å². The van der Waals surface area contributed by atoms with E-state index < -0.39 is 15.6 Å². The van der Waals surface area contributed by atoms with E-state index in [0.29, 0.717) is 0 Å². The summed E-state index contributed by atoms with van der Waals surface area (Å²) < 4.78 is 61.4. The van der Waals surface area contributed by atoms with E-state index in [2.05, 4.69) is 32.3 Å². The molecule has 0 aromatic heterocycles. The van der Waals surface area contributed by atoms with Crippen molar-refractivity contribution in [2.75, 3.05) is 13.1 Å². The number of hydrogen-bond acceptors (Lipinski definition) is 3. The van der Waals surface area contributed by atoms with Gasteiger partial charge in [0.15, 0.2) is 10.1 Å². The summed E-state index contributed by atoms with van der Waals surface area (Å²) in [5, 5.41) is 1.61. The van der Waals surface area contributed by atoms with Crippen molar-refractivity contribution in [1.29, 1.82) is 0 Å². The molecule has 0 fully saturated rings. The highest BCUT2D eigenvalue weighted by atomic mass is 32.2. The van der Waals surface area contributed by atoms with Crippen LogP contribution in [0.15, 0.2) is 0 Å². The van der Waals surface area contributed by atoms with Gasteiger partial charge in [-0.15, -0.1) is 0 Å². The van der Waals surface area contributed by atoms with Crippen LogP contribution in [0.5, 0.6) is 0 Å². The molecule has 0 spiro atoms. The molecule has 0 heterocycles. The van der Waals surface area contributed by atoms with Gasteiger partial charge in [0.2, 0.25) is 5.36 Å². The summed E-state index contributed by atoms with van der Waals surface area (Å²) in [6, 6.07) is 0. The summed E-state index contributed by atoms with van der Waals surface area (Å²) in [6.45, 7) is 11.4. The third kappa shape index (κ3) is 6.08. The Balaban J connectivity index is 0.000000472. The van der Waals surface area contributed by atoms with Crippen molar-refractivity contribution < 1.29 is 26.1 Å². The van der Waals surface area contributed by atoms with E-state index in [-0.39, 0.29) is 0 Å². The van der Waals surface area contributed by atoms with Gasteiger partial charge in [-0.25, -0.2) is 13.0 Å². The number of rotatable bonds is 6. The molecule has 1 rings (SSSR count). The second kappa shape index (κ2) is 8.67. The number of alkyl halides is 3. The Labute approximate surface area is 130 Å². The van der Waals surface area contributed by atoms with Gasteiger partial charge in [-0.3, -0.25) is 0 Å². The Morgan fingerprint density at radius 3 is 1.45 bits per heavy atom. The first kappa shape index (κ1) is 21.1. The van der Waals surface area contributed by atoms with Gasteiger partial charge in [0, 0.05) is 11.1 Å². The highest BCUT2D eigenvalue weighted by molar-refractivity contribution is 7.86. The molecular weight excluding hydrogens is 319 g/mol. The van der Waals surface area contributed by atoms with E-state index in [9.17, 15) is 13.2 Å². The van der Waals surface area contributed by atoms with Crippen molar-refractivity contribution in [3.05, 3.63) is 16.5 Å². The fourth-order valence-electron chi connectivity index (χ4n) is 2.22. The van der Waals surface area contributed by atoms with Crippen LogP contribution in [0.1, 0.15) is 51.7 Å². The molecule has 0 aliphatic heterocycles. The molecule has 0 unspecified atom stereocenters. The predicted molar refractivity (Wildman–Crippen MR) is 78.9 cm³/mol. The molecule has 22 heavy (non-hydrogen) atoms. The molecule has 0 amide bonds. The van der Waals surface area contributed by atoms with Gasteiger partial charge in [0.05, 0.1) is 0 Å². The van der Waals surface area contributed by atoms with Crippen LogP contribution in [0.4, 0.5) is 13.2 Å². The maximum atomic E-state index is 10.7. The minimum atomic E-state index is -6.09. The smallest absolute Gasteiger partial charge is 0.485 e. The monoisotopic (exact) mass is 343 g/mol. The van der Waals surface area contributed by atoms with Crippen molar-refractivity contribution >= 4 is 10.1 Å². The van der Waals surface area contributed by atoms with E-state index in [4.69, 9.17) is 13.0 Å². The van der Waals surface area contributed by atoms with E-state index >= 15 is 0 Å². The molecule has 130 valence electrons. The van der Waals surface area contributed by atoms with E-state index in [0.717, 1.165) is 13.1 Å². The zero-order chi connectivity index (χ0) is 17.6. The van der Waals surface area contributed by atoms with E-state index in [1.54, 1.807) is 16.5 Å². The summed E-state index contributed by atoms with van der Waals surface area (Å²) in [5.74, 6) is 0. The molecule has 0 aliphatic rings. The molecule has 0 radical (unpaired) electrons. The number of nitrogens with zero attached hydrogens (tertiary/aromatic N) is 1. The molecule has 0 bridgehead atoms. The highest BCUT2D eigenvalue weighted by Gasteiger charge is 2.36. The molecule has 4 nitrogen and oxygen atoms in total. The first-order valence-electron chi connectivity index (χ1n) is 7.41. The lowest BCUT2D eigenvalue weighted by Gasteiger charge is -2.08. The molecule has 0 saturated heterocycles. The van der Waals surface area contributed by atoms with Crippen LogP contribution in [0.2, 0.25) is 0 Å². The molecule has 1 aromatic rings. The quantitative estimate of drug-likeness (QED) is 0.452. The van der Waals surface area contributed by atoms with E-state index in [1.807, 2.05) is 0 Å². The van der Waals surface area contributed by atoms with Gasteiger partial charge in [-0.2, -0.15) is 13.2 Å². The van der Waals surface area contributed by atoms with Gasteiger partial charge in [-0.05, 0) is 26.7 Å². The van der Waals surface area contributed by atoms with Crippen molar-refractivity contribution in [3.8, 4) is 0 Å². The Bertz CT molecular complexity index is 555. The maximum Gasteiger partial charge on any atom is 0.485 e. The number of hydrogen-bond donors (Lipinski definition) is 0. The normalized spacial score (nSPS) is 12.2. The predicted octanol–water partition coefficient (Wildman–Crippen LogP) is 2.33. The fraction of sp³-hybridized carbons (Fsp3) is 0.786. The van der Waals surface area contributed by atoms with Crippen molar-refractivity contribution in [3.63, 3.8) is 0 Å². The second-order valence-electron chi connectivity index (χ2n) is 4.88. The lowest BCUT2D eigenvalue weighted by atomic mass is 10.2. The van der Waals surface area contributed by atoms with Crippen LogP contribution in [0.3, 0.4) is 0 Å². The first-order chi connectivity index (χ1) is 10.0. The lowest BCUT2D eigenvalue weighted by molar-refractivity contribution is -0.0517. The molecule has 0 aliphatic carbocycles. The van der Waals surface area contributed by atoms with Crippen LogP contribution in [-0.4, -0.2) is 31.6 Å². The molecule has 0 saturated carbocycles. The minimum Gasteiger partial charge on any atom is -0.741 e. The maximum absolute atomic E-state index is 10.7. The van der Waals surface area contributed by atoms with Gasteiger partial charge < -0.3 is 4.55 Å². The Hall–Kier alpha value is -0.890. The van der Waals surface area contributed by atoms with Crippen LogP contribution >= 0.6 is 0 Å². The van der Waals surface area contributed by atoms with Gasteiger partial charge >= 0.3 is 5.51 Å². The number of halogens is 3. The molecule has 1 aromatic carbocycles.